The van der Waals surface area contributed by atoms with Crippen molar-refractivity contribution < 1.29 is 4.42 Å². The van der Waals surface area contributed by atoms with Gasteiger partial charge in [-0.1, -0.05) is 128 Å². The van der Waals surface area contributed by atoms with Crippen LogP contribution in [0.1, 0.15) is 195 Å². The van der Waals surface area contributed by atoms with Crippen molar-refractivity contribution in [1.29, 1.82) is 0 Å². The van der Waals surface area contributed by atoms with Crippen LogP contribution in [-0.2, 0) is 32.5 Å². The quantitative estimate of drug-likeness (QED) is 0.162. The normalized spacial score (nSPS) is 25.0. The molecule has 0 radical (unpaired) electrons. The molecule has 4 heteroatoms. The Labute approximate surface area is 404 Å². The highest BCUT2D eigenvalue weighted by Gasteiger charge is 2.55. The molecule has 348 valence electrons. The van der Waals surface area contributed by atoms with Crippen LogP contribution in [-0.4, -0.2) is 6.71 Å². The van der Waals surface area contributed by atoms with Crippen molar-refractivity contribution in [2.75, 3.05) is 9.80 Å². The standard InChI is InChI=1S/C63H77BN2O/c1-35-26-50-53-51(27-35)66(54-36(2)28-42(57(3,4)5)38-30-39(38)54)55-40-31-44-47(63(16,17)25-22-60(44,10)11)34-52(40)67-56(55)64(53)48-32-45-46(62(14,15)24-23-61(45,12)13)33-49(48)65(50)37-18-19-41-43(29-37)59(8,9)21-20-58(41,6)7/h18-19,26-29,31-34,38-39H,20-25,30H2,1-17H3/t38?,39-/m0/s1. The van der Waals surface area contributed by atoms with E-state index in [-0.39, 0.29) is 44.6 Å². The van der Waals surface area contributed by atoms with Crippen LogP contribution in [0.15, 0.2) is 81.9 Å². The number of hydrogen-bond acceptors (Lipinski definition) is 3. The predicted octanol–water partition coefficient (Wildman–Crippen LogP) is 15.4. The molecule has 5 aliphatic carbocycles. The average Bonchev–Trinajstić information content (AvgIpc) is 3.94. The zero-order valence-corrected chi connectivity index (χ0v) is 44.3. The van der Waals surface area contributed by atoms with Crippen molar-refractivity contribution in [3.05, 3.63) is 116 Å². The Morgan fingerprint density at radius 2 is 1.06 bits per heavy atom. The Morgan fingerprint density at radius 1 is 0.552 bits per heavy atom. The molecule has 2 atom stereocenters. The van der Waals surface area contributed by atoms with Crippen molar-refractivity contribution in [2.24, 2.45) is 17.3 Å². The van der Waals surface area contributed by atoms with Crippen molar-refractivity contribution in [3.8, 4) is 0 Å². The summed E-state index contributed by atoms with van der Waals surface area (Å²) in [6.07, 6.45) is 10.9. The first kappa shape index (κ1) is 43.8. The van der Waals surface area contributed by atoms with Gasteiger partial charge in [0.2, 0.25) is 0 Å². The van der Waals surface area contributed by atoms with Crippen LogP contribution in [0.4, 0.5) is 28.4 Å². The Hall–Kier alpha value is -4.44. The van der Waals surface area contributed by atoms with Gasteiger partial charge in [0.25, 0.3) is 6.71 Å². The highest BCUT2D eigenvalue weighted by atomic mass is 16.3. The SMILES string of the molecule is CC1=C(N2c3cc(C)cc4c3B(c3cc5c(cc3N4c3ccc4c(c3)C(C)(C)CCC4(C)C)C(C)(C)CCC5(C)C)c3oc4cc5c(cc4c32)C(C)(C)CCC5(C)C)[C@H]2CC2C(C(C)(C)C)=C1. The molecule has 0 bridgehead atoms. The van der Waals surface area contributed by atoms with Crippen LogP contribution >= 0.6 is 0 Å². The van der Waals surface area contributed by atoms with E-state index in [0.29, 0.717) is 11.8 Å². The second kappa shape index (κ2) is 13.2. The van der Waals surface area contributed by atoms with E-state index in [0.717, 1.165) is 11.2 Å². The minimum absolute atomic E-state index is 0.0538. The summed E-state index contributed by atoms with van der Waals surface area (Å²) in [7, 11) is 0. The molecule has 1 unspecified atom stereocenters. The number of furan rings is 1. The number of allylic oxidation sites excluding steroid dienone is 4. The number of nitrogens with zero attached hydrogens (tertiary/aromatic N) is 2. The molecule has 0 N–H and O–H groups in total. The molecule has 12 rings (SSSR count). The van der Waals surface area contributed by atoms with Gasteiger partial charge in [0.15, 0.2) is 0 Å². The van der Waals surface area contributed by atoms with Gasteiger partial charge in [-0.25, -0.2) is 0 Å². The second-order valence-electron chi connectivity index (χ2n) is 27.9. The van der Waals surface area contributed by atoms with E-state index in [4.69, 9.17) is 4.42 Å². The van der Waals surface area contributed by atoms with Crippen molar-refractivity contribution in [2.45, 2.75) is 195 Å². The fourth-order valence-electron chi connectivity index (χ4n) is 14.6. The summed E-state index contributed by atoms with van der Waals surface area (Å²) < 4.78 is 7.74. The lowest BCUT2D eigenvalue weighted by Gasteiger charge is -2.47. The van der Waals surface area contributed by atoms with Crippen LogP contribution in [0.2, 0.25) is 0 Å². The van der Waals surface area contributed by atoms with E-state index >= 15 is 0 Å². The van der Waals surface area contributed by atoms with Crippen LogP contribution < -0.4 is 26.4 Å². The molecule has 1 saturated carbocycles. The Bertz CT molecular complexity index is 3100. The molecular formula is C63H77BN2O. The van der Waals surface area contributed by atoms with Gasteiger partial charge in [-0.2, -0.15) is 0 Å². The van der Waals surface area contributed by atoms with Gasteiger partial charge in [0.1, 0.15) is 5.58 Å². The number of aryl methyl sites for hydroxylation is 1. The first-order valence-corrected chi connectivity index (χ1v) is 26.2. The topological polar surface area (TPSA) is 19.6 Å². The molecule has 4 aromatic carbocycles. The number of fused-ring (bicyclic) bond motifs is 10. The molecule has 0 spiro atoms. The third-order valence-corrected chi connectivity index (χ3v) is 19.3. The molecule has 1 aromatic heterocycles. The highest BCUT2D eigenvalue weighted by molar-refractivity contribution is 7.00. The van der Waals surface area contributed by atoms with E-state index in [9.17, 15) is 0 Å². The molecule has 5 aromatic rings. The molecule has 0 amide bonds. The van der Waals surface area contributed by atoms with E-state index < -0.39 is 0 Å². The lowest BCUT2D eigenvalue weighted by molar-refractivity contribution is 0.332. The first-order chi connectivity index (χ1) is 31.1. The predicted molar refractivity (Wildman–Crippen MR) is 287 cm³/mol. The largest absolute Gasteiger partial charge is 0.468 e. The minimum atomic E-state index is -0.0622. The molecule has 0 saturated heterocycles. The van der Waals surface area contributed by atoms with E-state index in [2.05, 4.69) is 188 Å². The van der Waals surface area contributed by atoms with Gasteiger partial charge in [-0.15, -0.1) is 0 Å². The third kappa shape index (κ3) is 6.08. The van der Waals surface area contributed by atoms with Crippen LogP contribution in [0.5, 0.6) is 0 Å². The molecule has 3 nitrogen and oxygen atoms in total. The fourth-order valence-corrected chi connectivity index (χ4v) is 14.6. The van der Waals surface area contributed by atoms with Gasteiger partial charge >= 0.3 is 0 Å². The molecule has 2 aliphatic heterocycles. The number of benzene rings is 4. The lowest BCUT2D eigenvalue weighted by Crippen LogP contribution is -2.62. The maximum Gasteiger partial charge on any atom is 0.297 e. The van der Waals surface area contributed by atoms with E-state index in [1.54, 1.807) is 5.57 Å². The monoisotopic (exact) mass is 889 g/mol. The summed E-state index contributed by atoms with van der Waals surface area (Å²) >= 11 is 0. The molecule has 3 heterocycles. The first-order valence-electron chi connectivity index (χ1n) is 26.2. The Balaban J connectivity index is 1.21. The zero-order valence-electron chi connectivity index (χ0n) is 44.3. The molecule has 7 aliphatic rings. The maximum atomic E-state index is 7.74. The van der Waals surface area contributed by atoms with Gasteiger partial charge in [-0.05, 0) is 201 Å². The van der Waals surface area contributed by atoms with Crippen LogP contribution in [0, 0.1) is 24.2 Å². The summed E-state index contributed by atoms with van der Waals surface area (Å²) in [6.45, 7) is 41.7. The zero-order chi connectivity index (χ0) is 47.7. The Morgan fingerprint density at radius 3 is 1.64 bits per heavy atom. The molecule has 67 heavy (non-hydrogen) atoms. The number of anilines is 5. The maximum absolute atomic E-state index is 7.74. The number of hydrogen-bond donors (Lipinski definition) is 0. The van der Waals surface area contributed by atoms with Crippen LogP contribution in [0.3, 0.4) is 0 Å². The average molecular weight is 889 g/mol. The van der Waals surface area contributed by atoms with Gasteiger partial charge in [0.05, 0.1) is 11.3 Å². The van der Waals surface area contributed by atoms with Crippen molar-refractivity contribution in [1.82, 2.24) is 0 Å². The number of rotatable bonds is 2. The Kier molecular flexibility index (Phi) is 8.66. The van der Waals surface area contributed by atoms with Gasteiger partial charge < -0.3 is 14.2 Å². The lowest BCUT2D eigenvalue weighted by atomic mass is 9.35. The fraction of sp³-hybridized carbons (Fsp3) is 0.524. The molecule has 1 fully saturated rings. The summed E-state index contributed by atoms with van der Waals surface area (Å²) in [5.74, 6) is 1.05. The summed E-state index contributed by atoms with van der Waals surface area (Å²) in [6, 6.07) is 23.1. The minimum Gasteiger partial charge on any atom is -0.468 e. The van der Waals surface area contributed by atoms with Gasteiger partial charge in [-0.3, -0.25) is 0 Å². The second-order valence-corrected chi connectivity index (χ2v) is 27.9. The van der Waals surface area contributed by atoms with E-state index in [1.165, 1.54) is 140 Å². The summed E-state index contributed by atoms with van der Waals surface area (Å²) in [5.41, 5.74) is 26.9. The smallest absolute Gasteiger partial charge is 0.297 e. The summed E-state index contributed by atoms with van der Waals surface area (Å²) in [5, 5.41) is 1.28. The van der Waals surface area contributed by atoms with E-state index in [1.807, 2.05) is 0 Å². The van der Waals surface area contributed by atoms with Crippen LogP contribution in [0.25, 0.3) is 11.0 Å². The van der Waals surface area contributed by atoms with Crippen molar-refractivity contribution in [3.63, 3.8) is 0 Å². The molecular weight excluding hydrogens is 812 g/mol. The van der Waals surface area contributed by atoms with Gasteiger partial charge in [0, 0.05) is 39.8 Å². The summed E-state index contributed by atoms with van der Waals surface area (Å²) in [4.78, 5) is 5.49. The highest BCUT2D eigenvalue weighted by Crippen LogP contribution is 2.61. The third-order valence-electron chi connectivity index (χ3n) is 19.3. The van der Waals surface area contributed by atoms with Crippen molar-refractivity contribution >= 4 is 62.7 Å².